The number of rotatable bonds is 4. The van der Waals surface area contributed by atoms with Gasteiger partial charge in [-0.1, -0.05) is 12.1 Å². The molecule has 0 saturated carbocycles. The fourth-order valence-electron chi connectivity index (χ4n) is 1.63. The number of hydrogen-bond donors (Lipinski definition) is 1. The Labute approximate surface area is 119 Å². The molecule has 1 N–H and O–H groups in total. The standard InChI is InChI=1S/C15H10FNO2S/c16-14-11(8-17)2-1-3-12(14)9-20-13-6-4-10(5-7-13)15(18)19/h1-7H,9H2,(H,18,19). The van der Waals surface area contributed by atoms with Gasteiger partial charge in [0.1, 0.15) is 11.9 Å². The normalized spacial score (nSPS) is 10.0. The number of nitriles is 1. The highest BCUT2D eigenvalue weighted by molar-refractivity contribution is 7.98. The second kappa shape index (κ2) is 6.22. The Bertz CT molecular complexity index is 677. The Morgan fingerprint density at radius 2 is 1.95 bits per heavy atom. The summed E-state index contributed by atoms with van der Waals surface area (Å²) in [6, 6.07) is 12.9. The van der Waals surface area contributed by atoms with Crippen LogP contribution in [0.5, 0.6) is 0 Å². The number of halogens is 1. The average molecular weight is 287 g/mol. The van der Waals surface area contributed by atoms with Crippen molar-refractivity contribution >= 4 is 17.7 Å². The van der Waals surface area contributed by atoms with Gasteiger partial charge in [-0.2, -0.15) is 5.26 Å². The molecule has 0 fully saturated rings. The molecule has 0 unspecified atom stereocenters. The van der Waals surface area contributed by atoms with Gasteiger partial charge in [0, 0.05) is 10.6 Å². The van der Waals surface area contributed by atoms with Crippen LogP contribution in [0.25, 0.3) is 0 Å². The molecule has 2 aromatic rings. The Morgan fingerprint density at radius 1 is 1.25 bits per heavy atom. The smallest absolute Gasteiger partial charge is 0.335 e. The van der Waals surface area contributed by atoms with Gasteiger partial charge < -0.3 is 5.11 Å². The second-order valence-corrected chi connectivity index (χ2v) is 5.06. The zero-order valence-corrected chi connectivity index (χ0v) is 11.2. The third kappa shape index (κ3) is 3.16. The van der Waals surface area contributed by atoms with Crippen LogP contribution in [0.3, 0.4) is 0 Å². The van der Waals surface area contributed by atoms with Crippen molar-refractivity contribution < 1.29 is 14.3 Å². The number of carboxylic acid groups (broad SMARTS) is 1. The van der Waals surface area contributed by atoms with E-state index in [1.165, 1.54) is 30.0 Å². The minimum Gasteiger partial charge on any atom is -0.478 e. The van der Waals surface area contributed by atoms with E-state index in [4.69, 9.17) is 10.4 Å². The Hall–Kier alpha value is -2.32. The molecule has 0 heterocycles. The molecule has 0 aromatic heterocycles. The predicted octanol–water partition coefficient (Wildman–Crippen LogP) is 3.69. The van der Waals surface area contributed by atoms with Crippen LogP contribution in [0, 0.1) is 17.1 Å². The Morgan fingerprint density at radius 3 is 2.55 bits per heavy atom. The van der Waals surface area contributed by atoms with E-state index in [-0.39, 0.29) is 11.1 Å². The molecule has 0 spiro atoms. The summed E-state index contributed by atoms with van der Waals surface area (Å²) in [5.41, 5.74) is 0.702. The molecule has 2 aromatic carbocycles. The van der Waals surface area contributed by atoms with E-state index in [9.17, 15) is 9.18 Å². The van der Waals surface area contributed by atoms with Crippen LogP contribution in [0.4, 0.5) is 4.39 Å². The SMILES string of the molecule is N#Cc1cccc(CSc2ccc(C(=O)O)cc2)c1F. The fourth-order valence-corrected chi connectivity index (χ4v) is 2.51. The maximum atomic E-state index is 13.8. The van der Waals surface area contributed by atoms with Gasteiger partial charge in [0.15, 0.2) is 0 Å². The van der Waals surface area contributed by atoms with E-state index >= 15 is 0 Å². The van der Waals surface area contributed by atoms with Crippen molar-refractivity contribution in [1.82, 2.24) is 0 Å². The molecule has 20 heavy (non-hydrogen) atoms. The van der Waals surface area contributed by atoms with E-state index < -0.39 is 11.8 Å². The number of benzene rings is 2. The van der Waals surface area contributed by atoms with Gasteiger partial charge in [0.05, 0.1) is 11.1 Å². The summed E-state index contributed by atoms with van der Waals surface area (Å²) >= 11 is 1.38. The molecular formula is C15H10FNO2S. The van der Waals surface area contributed by atoms with Crippen molar-refractivity contribution in [2.45, 2.75) is 10.6 Å². The van der Waals surface area contributed by atoms with Crippen LogP contribution in [0.1, 0.15) is 21.5 Å². The summed E-state index contributed by atoms with van der Waals surface area (Å²) < 4.78 is 13.8. The molecule has 0 bridgehead atoms. The van der Waals surface area contributed by atoms with Crippen molar-refractivity contribution in [3.63, 3.8) is 0 Å². The van der Waals surface area contributed by atoms with Crippen LogP contribution in [0.2, 0.25) is 0 Å². The number of hydrogen-bond acceptors (Lipinski definition) is 3. The molecule has 0 atom stereocenters. The van der Waals surface area contributed by atoms with Gasteiger partial charge in [0.2, 0.25) is 0 Å². The third-order valence-corrected chi connectivity index (χ3v) is 3.76. The molecule has 0 aliphatic rings. The molecule has 0 radical (unpaired) electrons. The van der Waals surface area contributed by atoms with Gasteiger partial charge in [0.25, 0.3) is 0 Å². The first kappa shape index (κ1) is 14.1. The quantitative estimate of drug-likeness (QED) is 0.871. The molecular weight excluding hydrogens is 277 g/mol. The fraction of sp³-hybridized carbons (Fsp3) is 0.0667. The second-order valence-electron chi connectivity index (χ2n) is 4.01. The first-order chi connectivity index (χ1) is 9.61. The van der Waals surface area contributed by atoms with Crippen molar-refractivity contribution in [2.24, 2.45) is 0 Å². The van der Waals surface area contributed by atoms with E-state index in [2.05, 4.69) is 0 Å². The zero-order chi connectivity index (χ0) is 14.5. The van der Waals surface area contributed by atoms with Crippen LogP contribution in [-0.4, -0.2) is 11.1 Å². The molecule has 2 rings (SSSR count). The van der Waals surface area contributed by atoms with E-state index in [0.717, 1.165) is 4.90 Å². The summed E-state index contributed by atoms with van der Waals surface area (Å²) in [7, 11) is 0. The average Bonchev–Trinajstić information content (AvgIpc) is 2.46. The van der Waals surface area contributed by atoms with Crippen LogP contribution in [-0.2, 0) is 5.75 Å². The minimum atomic E-state index is -0.977. The minimum absolute atomic E-state index is 0.0318. The van der Waals surface area contributed by atoms with Crippen molar-refractivity contribution in [3.05, 3.63) is 65.0 Å². The summed E-state index contributed by atoms with van der Waals surface area (Å²) in [6.07, 6.45) is 0. The highest BCUT2D eigenvalue weighted by Gasteiger charge is 2.08. The lowest BCUT2D eigenvalue weighted by Crippen LogP contribution is -1.95. The first-order valence-electron chi connectivity index (χ1n) is 5.75. The number of carbonyl (C=O) groups is 1. The lowest BCUT2D eigenvalue weighted by Gasteiger charge is -2.05. The highest BCUT2D eigenvalue weighted by Crippen LogP contribution is 2.25. The van der Waals surface area contributed by atoms with Crippen LogP contribution < -0.4 is 0 Å². The van der Waals surface area contributed by atoms with E-state index in [0.29, 0.717) is 11.3 Å². The van der Waals surface area contributed by atoms with Crippen molar-refractivity contribution in [1.29, 1.82) is 5.26 Å². The van der Waals surface area contributed by atoms with Crippen LogP contribution >= 0.6 is 11.8 Å². The van der Waals surface area contributed by atoms with E-state index in [1.807, 2.05) is 0 Å². The lowest BCUT2D eigenvalue weighted by molar-refractivity contribution is 0.0697. The molecule has 0 aliphatic heterocycles. The molecule has 0 amide bonds. The number of nitrogens with zero attached hydrogens (tertiary/aromatic N) is 1. The zero-order valence-electron chi connectivity index (χ0n) is 10.3. The summed E-state index contributed by atoms with van der Waals surface area (Å²) in [5, 5.41) is 17.5. The number of aromatic carboxylic acids is 1. The lowest BCUT2D eigenvalue weighted by atomic mass is 10.1. The first-order valence-corrected chi connectivity index (χ1v) is 6.74. The van der Waals surface area contributed by atoms with Gasteiger partial charge in [-0.25, -0.2) is 9.18 Å². The third-order valence-electron chi connectivity index (χ3n) is 2.69. The van der Waals surface area contributed by atoms with Crippen LogP contribution in [0.15, 0.2) is 47.4 Å². The van der Waals surface area contributed by atoms with Crippen molar-refractivity contribution in [3.8, 4) is 6.07 Å². The largest absolute Gasteiger partial charge is 0.478 e. The summed E-state index contributed by atoms with van der Waals surface area (Å²) in [6.45, 7) is 0. The van der Waals surface area contributed by atoms with Gasteiger partial charge in [-0.3, -0.25) is 0 Å². The monoisotopic (exact) mass is 287 g/mol. The predicted molar refractivity (Wildman–Crippen MR) is 74.1 cm³/mol. The van der Waals surface area contributed by atoms with E-state index in [1.54, 1.807) is 30.3 Å². The number of thioether (sulfide) groups is 1. The maximum Gasteiger partial charge on any atom is 0.335 e. The maximum absolute atomic E-state index is 13.8. The highest BCUT2D eigenvalue weighted by atomic mass is 32.2. The van der Waals surface area contributed by atoms with Gasteiger partial charge in [-0.15, -0.1) is 11.8 Å². The number of carboxylic acids is 1. The van der Waals surface area contributed by atoms with Gasteiger partial charge in [-0.05, 0) is 35.9 Å². The molecule has 100 valence electrons. The summed E-state index contributed by atoms with van der Waals surface area (Å²) in [5.74, 6) is -1.09. The van der Waals surface area contributed by atoms with Crippen molar-refractivity contribution in [2.75, 3.05) is 0 Å². The topological polar surface area (TPSA) is 61.1 Å². The Balaban J connectivity index is 2.09. The molecule has 5 heteroatoms. The van der Waals surface area contributed by atoms with Gasteiger partial charge >= 0.3 is 5.97 Å². The Kier molecular flexibility index (Phi) is 4.38. The molecule has 3 nitrogen and oxygen atoms in total. The summed E-state index contributed by atoms with van der Waals surface area (Å²) in [4.78, 5) is 11.6. The molecule has 0 aliphatic carbocycles. The molecule has 0 saturated heterocycles.